The molecule has 4 rings (SSSR count). The Kier molecular flexibility index (Phi) is 8.98. The van der Waals surface area contributed by atoms with E-state index < -0.39 is 35.5 Å². The third-order valence-corrected chi connectivity index (χ3v) is 6.24. The second-order valence-corrected chi connectivity index (χ2v) is 10.5. The van der Waals surface area contributed by atoms with Gasteiger partial charge in [-0.2, -0.15) is 0 Å². The molecule has 0 aromatic heterocycles. The summed E-state index contributed by atoms with van der Waals surface area (Å²) >= 11 is 0. The first-order valence-corrected chi connectivity index (χ1v) is 12.3. The van der Waals surface area contributed by atoms with Crippen LogP contribution in [0, 0.1) is 0 Å². The number of rotatable bonds is 8. The molecule has 0 spiro atoms. The standard InChI is InChI=1S/C23H16O6.C7H15NO3/c24-20-16(14-7-3-1-5-12(14)9-18(20)22(26)27)11-17-15-8-4-2-6-13(15)10-19(21(17)25)23(28)29;1-8(2,3)5-6(9)4-7(10)11/h1-10,24-25H,11H2,(H,26,27)(H,28,29);6,9H,4-5H2,1-3H3/p+1/t;6-/m.1/s1. The van der Waals surface area contributed by atoms with Crippen molar-refractivity contribution in [3.05, 3.63) is 82.9 Å². The lowest BCUT2D eigenvalue weighted by Gasteiger charge is -2.25. The van der Waals surface area contributed by atoms with Gasteiger partial charge in [0.2, 0.25) is 0 Å². The van der Waals surface area contributed by atoms with Crippen LogP contribution in [0.4, 0.5) is 0 Å². The molecule has 210 valence electrons. The maximum atomic E-state index is 11.6. The molecule has 0 radical (unpaired) electrons. The number of benzene rings is 4. The number of aromatic carboxylic acids is 2. The Morgan fingerprint density at radius 1 is 0.725 bits per heavy atom. The van der Waals surface area contributed by atoms with Gasteiger partial charge in [0.15, 0.2) is 0 Å². The van der Waals surface area contributed by atoms with Gasteiger partial charge >= 0.3 is 17.9 Å². The molecule has 10 heteroatoms. The van der Waals surface area contributed by atoms with Gasteiger partial charge in [-0.15, -0.1) is 0 Å². The summed E-state index contributed by atoms with van der Waals surface area (Å²) in [5, 5.41) is 60.3. The summed E-state index contributed by atoms with van der Waals surface area (Å²) in [4.78, 5) is 33.3. The van der Waals surface area contributed by atoms with Gasteiger partial charge < -0.3 is 35.1 Å². The van der Waals surface area contributed by atoms with Gasteiger partial charge in [0.05, 0.1) is 27.6 Å². The Hall–Kier alpha value is -4.67. The summed E-state index contributed by atoms with van der Waals surface area (Å²) in [5.41, 5.74) is 0.112. The smallest absolute Gasteiger partial charge is 0.339 e. The predicted octanol–water partition coefficient (Wildman–Crippen LogP) is 3.92. The Morgan fingerprint density at radius 3 is 1.48 bits per heavy atom. The van der Waals surface area contributed by atoms with Crippen molar-refractivity contribution < 1.29 is 49.5 Å². The van der Waals surface area contributed by atoms with Gasteiger partial charge in [0.1, 0.15) is 35.3 Å². The fraction of sp³-hybridized carbons (Fsp3) is 0.233. The van der Waals surface area contributed by atoms with Crippen LogP contribution in [0.3, 0.4) is 0 Å². The van der Waals surface area contributed by atoms with Crippen LogP contribution in [0.1, 0.15) is 38.3 Å². The Balaban J connectivity index is 0.000000342. The number of nitrogens with zero attached hydrogens (tertiary/aromatic N) is 1. The zero-order valence-corrected chi connectivity index (χ0v) is 22.3. The summed E-state index contributed by atoms with van der Waals surface area (Å²) in [6, 6.07) is 16.8. The van der Waals surface area contributed by atoms with Crippen LogP contribution >= 0.6 is 0 Å². The molecule has 0 saturated carbocycles. The molecule has 10 nitrogen and oxygen atoms in total. The fourth-order valence-electron chi connectivity index (χ4n) is 4.58. The highest BCUT2D eigenvalue weighted by Gasteiger charge is 2.22. The number of fused-ring (bicyclic) bond motifs is 2. The van der Waals surface area contributed by atoms with Crippen molar-refractivity contribution in [1.82, 2.24) is 0 Å². The largest absolute Gasteiger partial charge is 0.507 e. The number of quaternary nitrogens is 1. The normalized spacial score (nSPS) is 12.0. The topological polar surface area (TPSA) is 173 Å². The van der Waals surface area contributed by atoms with E-state index in [-0.39, 0.29) is 24.0 Å². The van der Waals surface area contributed by atoms with E-state index >= 15 is 0 Å². The number of aliphatic hydroxyl groups is 1. The number of hydrogen-bond acceptors (Lipinski definition) is 6. The molecule has 4 aromatic carbocycles. The fourth-order valence-corrected chi connectivity index (χ4v) is 4.58. The molecular weight excluding hydrogens is 518 g/mol. The number of aliphatic carboxylic acids is 1. The van der Waals surface area contributed by atoms with E-state index in [2.05, 4.69) is 0 Å². The number of aromatic hydroxyl groups is 2. The summed E-state index contributed by atoms with van der Waals surface area (Å²) in [7, 11) is 5.72. The molecule has 0 unspecified atom stereocenters. The van der Waals surface area contributed by atoms with Crippen LogP contribution in [0.25, 0.3) is 21.5 Å². The molecule has 0 heterocycles. The number of aliphatic hydroxyl groups excluding tert-OH is 1. The molecule has 0 fully saturated rings. The first kappa shape index (κ1) is 29.9. The molecule has 1 atom stereocenters. The molecule has 0 amide bonds. The lowest BCUT2D eigenvalue weighted by atomic mass is 9.90. The van der Waals surface area contributed by atoms with E-state index in [9.17, 15) is 34.8 Å². The second kappa shape index (κ2) is 12.0. The van der Waals surface area contributed by atoms with E-state index in [1.807, 2.05) is 21.1 Å². The molecular formula is C30H32NO9+. The maximum absolute atomic E-state index is 11.6. The Bertz CT molecular complexity index is 1490. The van der Waals surface area contributed by atoms with Crippen LogP contribution < -0.4 is 0 Å². The Labute approximate surface area is 230 Å². The van der Waals surface area contributed by atoms with Crippen molar-refractivity contribution in [2.45, 2.75) is 18.9 Å². The van der Waals surface area contributed by atoms with Gasteiger partial charge in [-0.1, -0.05) is 48.5 Å². The number of carboxylic acid groups (broad SMARTS) is 3. The quantitative estimate of drug-likeness (QED) is 0.178. The molecule has 4 aromatic rings. The van der Waals surface area contributed by atoms with Gasteiger partial charge in [0.25, 0.3) is 0 Å². The number of carboxylic acids is 3. The lowest BCUT2D eigenvalue weighted by molar-refractivity contribution is -0.873. The average Bonchev–Trinajstić information content (AvgIpc) is 2.85. The van der Waals surface area contributed by atoms with Gasteiger partial charge in [-0.25, -0.2) is 9.59 Å². The van der Waals surface area contributed by atoms with Gasteiger partial charge in [-0.3, -0.25) is 4.79 Å². The summed E-state index contributed by atoms with van der Waals surface area (Å²) in [6.45, 7) is 0.465. The third kappa shape index (κ3) is 7.04. The molecule has 0 aliphatic heterocycles. The lowest BCUT2D eigenvalue weighted by Crippen LogP contribution is -2.42. The van der Waals surface area contributed by atoms with Crippen molar-refractivity contribution in [3.63, 3.8) is 0 Å². The van der Waals surface area contributed by atoms with Gasteiger partial charge in [-0.05, 0) is 33.7 Å². The average molecular weight is 551 g/mol. The monoisotopic (exact) mass is 550 g/mol. The van der Waals surface area contributed by atoms with E-state index in [0.29, 0.717) is 43.7 Å². The van der Waals surface area contributed by atoms with Crippen molar-refractivity contribution in [1.29, 1.82) is 0 Å². The van der Waals surface area contributed by atoms with Gasteiger partial charge in [0, 0.05) is 17.5 Å². The van der Waals surface area contributed by atoms with Crippen LogP contribution in [-0.2, 0) is 11.2 Å². The molecule has 0 saturated heterocycles. The molecule has 6 N–H and O–H groups in total. The van der Waals surface area contributed by atoms with E-state index in [1.54, 1.807) is 48.5 Å². The minimum absolute atomic E-state index is 0.0407. The van der Waals surface area contributed by atoms with Crippen molar-refractivity contribution in [3.8, 4) is 11.5 Å². The predicted molar refractivity (Wildman–Crippen MR) is 149 cm³/mol. The highest BCUT2D eigenvalue weighted by molar-refractivity contribution is 6.02. The highest BCUT2D eigenvalue weighted by Crippen LogP contribution is 2.38. The minimum Gasteiger partial charge on any atom is -0.507 e. The zero-order chi connectivity index (χ0) is 29.8. The number of hydrogen-bond donors (Lipinski definition) is 6. The van der Waals surface area contributed by atoms with E-state index in [0.717, 1.165) is 0 Å². The first-order chi connectivity index (χ1) is 18.7. The van der Waals surface area contributed by atoms with Crippen LogP contribution in [-0.4, -0.2) is 86.8 Å². The number of phenols is 2. The van der Waals surface area contributed by atoms with Crippen LogP contribution in [0.5, 0.6) is 11.5 Å². The van der Waals surface area contributed by atoms with E-state index in [4.69, 9.17) is 10.2 Å². The molecule has 0 bridgehead atoms. The highest BCUT2D eigenvalue weighted by atomic mass is 16.4. The summed E-state index contributed by atoms with van der Waals surface area (Å²) in [5.74, 6) is -4.31. The molecule has 0 aliphatic carbocycles. The SMILES string of the molecule is C[N+](C)(C)C[C@H](O)CC(=O)O.O=C(O)c1cc2ccccc2c(Cc2c(O)c(C(=O)O)cc3ccccc23)c1O. The van der Waals surface area contributed by atoms with Crippen LogP contribution in [0.2, 0.25) is 0 Å². The zero-order valence-electron chi connectivity index (χ0n) is 22.3. The summed E-state index contributed by atoms with van der Waals surface area (Å²) in [6.07, 6.45) is -0.955. The molecule has 40 heavy (non-hydrogen) atoms. The van der Waals surface area contributed by atoms with E-state index in [1.165, 1.54) is 12.1 Å². The van der Waals surface area contributed by atoms with Crippen molar-refractivity contribution in [2.24, 2.45) is 0 Å². The third-order valence-electron chi connectivity index (χ3n) is 6.24. The van der Waals surface area contributed by atoms with Crippen molar-refractivity contribution >= 4 is 39.5 Å². The number of carbonyl (C=O) groups is 3. The second-order valence-electron chi connectivity index (χ2n) is 10.5. The first-order valence-electron chi connectivity index (χ1n) is 12.3. The van der Waals surface area contributed by atoms with Crippen molar-refractivity contribution in [2.75, 3.05) is 27.7 Å². The minimum atomic E-state index is -1.28. The maximum Gasteiger partial charge on any atom is 0.339 e. The number of likely N-dealkylation sites (N-methyl/N-ethyl adjacent to an activating group) is 1. The van der Waals surface area contributed by atoms with Crippen LogP contribution in [0.15, 0.2) is 60.7 Å². The Morgan fingerprint density at radius 2 is 1.12 bits per heavy atom. The summed E-state index contributed by atoms with van der Waals surface area (Å²) < 4.78 is 0.578. The molecule has 0 aliphatic rings.